The molecule has 3 rings (SSSR count). The van der Waals surface area contributed by atoms with Crippen LogP contribution in [0.3, 0.4) is 0 Å². The number of nitrogens with zero attached hydrogens (tertiary/aromatic N) is 1. The molecular weight excluding hydrogens is 272 g/mol. The molecule has 1 aromatic heterocycles. The Morgan fingerprint density at radius 2 is 2.06 bits per heavy atom. The molecule has 0 bridgehead atoms. The second kappa shape index (κ2) is 3.63. The molecule has 1 aromatic carbocycles. The van der Waals surface area contributed by atoms with Crippen molar-refractivity contribution in [3.05, 3.63) is 29.8 Å². The number of thiophene rings is 1. The Hall–Kier alpha value is -1.73. The second-order valence-corrected chi connectivity index (χ2v) is 6.79. The predicted molar refractivity (Wildman–Crippen MR) is 69.4 cm³/mol. The molecule has 2 aromatic rings. The summed E-state index contributed by atoms with van der Waals surface area (Å²) in [5.74, 6) is -1.38. The highest BCUT2D eigenvalue weighted by atomic mass is 32.2. The van der Waals surface area contributed by atoms with Crippen molar-refractivity contribution in [1.29, 1.82) is 0 Å². The van der Waals surface area contributed by atoms with Crippen LogP contribution in [0, 0.1) is 0 Å². The van der Waals surface area contributed by atoms with E-state index in [1.54, 1.807) is 12.1 Å². The molecule has 1 aliphatic rings. The maximum atomic E-state index is 11.9. The molecule has 1 atom stereocenters. The fraction of sp³-hybridized carbons (Fsp3) is 0.0909. The number of nitrogens with two attached hydrogens (primary N) is 1. The van der Waals surface area contributed by atoms with Crippen LogP contribution in [-0.4, -0.2) is 20.5 Å². The third-order valence-corrected chi connectivity index (χ3v) is 5.75. The Balaban J connectivity index is 2.45. The molecule has 7 heteroatoms. The molecule has 0 saturated carbocycles. The number of amides is 1. The van der Waals surface area contributed by atoms with Gasteiger partial charge >= 0.3 is 0 Å². The Bertz CT molecular complexity index is 790. The Kier molecular flexibility index (Phi) is 2.29. The van der Waals surface area contributed by atoms with Gasteiger partial charge < -0.3 is 5.73 Å². The van der Waals surface area contributed by atoms with Gasteiger partial charge in [-0.2, -0.15) is 12.8 Å². The number of hydrogen-bond acceptors (Lipinski definition) is 4. The highest BCUT2D eigenvalue weighted by Crippen LogP contribution is 2.41. The van der Waals surface area contributed by atoms with E-state index in [1.165, 1.54) is 0 Å². The maximum absolute atomic E-state index is 11.9. The zero-order chi connectivity index (χ0) is 12.9. The fourth-order valence-corrected chi connectivity index (χ4v) is 4.70. The highest BCUT2D eigenvalue weighted by molar-refractivity contribution is 7.92. The van der Waals surface area contributed by atoms with E-state index in [4.69, 9.17) is 5.73 Å². The minimum atomic E-state index is -3.69. The second-order valence-electron chi connectivity index (χ2n) is 3.91. The number of rotatable bonds is 1. The summed E-state index contributed by atoms with van der Waals surface area (Å²) in [6, 6.07) is 7.21. The zero-order valence-electron chi connectivity index (χ0n) is 9.03. The highest BCUT2D eigenvalue weighted by Gasteiger charge is 2.34. The summed E-state index contributed by atoms with van der Waals surface area (Å²) in [4.78, 5) is 11.4. The van der Waals surface area contributed by atoms with E-state index in [0.717, 1.165) is 27.6 Å². The van der Waals surface area contributed by atoms with Crippen LogP contribution < -0.4 is 5.73 Å². The van der Waals surface area contributed by atoms with E-state index >= 15 is 0 Å². The third-order valence-electron chi connectivity index (χ3n) is 2.80. The molecule has 92 valence electrons. The van der Waals surface area contributed by atoms with Crippen molar-refractivity contribution in [2.45, 2.75) is 10.1 Å². The van der Waals surface area contributed by atoms with Crippen molar-refractivity contribution < 1.29 is 13.2 Å². The van der Waals surface area contributed by atoms with Gasteiger partial charge in [-0.05, 0) is 11.5 Å². The monoisotopic (exact) mass is 280 g/mol. The Labute approximate surface area is 107 Å². The van der Waals surface area contributed by atoms with Crippen molar-refractivity contribution in [3.63, 3.8) is 0 Å². The number of benzene rings is 1. The number of hydrogen-bond donors (Lipinski definition) is 1. The van der Waals surface area contributed by atoms with Gasteiger partial charge in [0, 0.05) is 16.5 Å². The first-order chi connectivity index (χ1) is 8.50. The van der Waals surface area contributed by atoms with E-state index in [1.807, 2.05) is 12.1 Å². The van der Waals surface area contributed by atoms with Gasteiger partial charge in [0.05, 0.1) is 0 Å². The van der Waals surface area contributed by atoms with Crippen LogP contribution in [0.5, 0.6) is 0 Å². The van der Waals surface area contributed by atoms with Crippen molar-refractivity contribution in [1.82, 2.24) is 0 Å². The van der Waals surface area contributed by atoms with Crippen LogP contribution in [0.4, 0.5) is 0 Å². The zero-order valence-corrected chi connectivity index (χ0v) is 10.7. The molecule has 5 nitrogen and oxygen atoms in total. The summed E-state index contributed by atoms with van der Waals surface area (Å²) < 4.78 is 28.1. The van der Waals surface area contributed by atoms with Gasteiger partial charge in [0.15, 0.2) is 0 Å². The minimum Gasteiger partial charge on any atom is -0.369 e. The van der Waals surface area contributed by atoms with Gasteiger partial charge in [0.2, 0.25) is 5.91 Å². The van der Waals surface area contributed by atoms with Crippen LogP contribution >= 0.6 is 11.3 Å². The Morgan fingerprint density at radius 3 is 2.78 bits per heavy atom. The minimum absolute atomic E-state index is 0.120. The predicted octanol–water partition coefficient (Wildman–Crippen LogP) is 1.24. The molecule has 0 aliphatic carbocycles. The van der Waals surface area contributed by atoms with E-state index < -0.39 is 21.8 Å². The van der Waals surface area contributed by atoms with Gasteiger partial charge in [-0.25, -0.2) is 0 Å². The molecule has 0 fully saturated rings. The molecule has 1 unspecified atom stereocenters. The standard InChI is InChI=1S/C11H8N2O3S2/c12-10(14)7-5-13-18(15,16)11-9(7)6-3-1-2-4-8(6)17-11/h1-5,7H,(H2,12,14). The largest absolute Gasteiger partial charge is 0.369 e. The van der Waals surface area contributed by atoms with Crippen molar-refractivity contribution in [3.8, 4) is 0 Å². The third kappa shape index (κ3) is 1.48. The molecule has 0 saturated heterocycles. The number of fused-ring (bicyclic) bond motifs is 3. The normalized spacial score (nSPS) is 20.8. The lowest BCUT2D eigenvalue weighted by Crippen LogP contribution is -2.26. The smallest absolute Gasteiger partial charge is 0.291 e. The van der Waals surface area contributed by atoms with E-state index in [2.05, 4.69) is 4.40 Å². The summed E-state index contributed by atoms with van der Waals surface area (Å²) in [5.41, 5.74) is 5.76. The molecule has 18 heavy (non-hydrogen) atoms. The summed E-state index contributed by atoms with van der Waals surface area (Å²) in [6.45, 7) is 0. The summed E-state index contributed by atoms with van der Waals surface area (Å²) in [6.07, 6.45) is 1.11. The summed E-state index contributed by atoms with van der Waals surface area (Å²) in [7, 11) is -3.69. The molecule has 2 N–H and O–H groups in total. The lowest BCUT2D eigenvalue weighted by molar-refractivity contribution is -0.118. The fourth-order valence-electron chi connectivity index (χ4n) is 2.01. The summed E-state index contributed by atoms with van der Waals surface area (Å²) in [5, 5.41) is 0.746. The van der Waals surface area contributed by atoms with Crippen LogP contribution in [-0.2, 0) is 14.8 Å². The van der Waals surface area contributed by atoms with Crippen LogP contribution in [0.1, 0.15) is 11.5 Å². The van der Waals surface area contributed by atoms with Crippen molar-refractivity contribution in [2.24, 2.45) is 10.1 Å². The van der Waals surface area contributed by atoms with Crippen LogP contribution in [0.25, 0.3) is 10.1 Å². The molecule has 0 radical (unpaired) electrons. The molecular formula is C11H8N2O3S2. The van der Waals surface area contributed by atoms with Gasteiger partial charge in [0.1, 0.15) is 10.1 Å². The SMILES string of the molecule is NC(=O)C1C=NS(=O)(=O)c2sc3ccccc3c21. The topological polar surface area (TPSA) is 89.6 Å². The first kappa shape index (κ1) is 11.4. The van der Waals surface area contributed by atoms with Crippen molar-refractivity contribution >= 4 is 43.6 Å². The lowest BCUT2D eigenvalue weighted by Gasteiger charge is -2.13. The van der Waals surface area contributed by atoms with E-state index in [0.29, 0.717) is 5.56 Å². The van der Waals surface area contributed by atoms with Gasteiger partial charge in [0.25, 0.3) is 10.0 Å². The van der Waals surface area contributed by atoms with Crippen LogP contribution in [0.15, 0.2) is 32.9 Å². The molecule has 1 aliphatic heterocycles. The first-order valence-corrected chi connectivity index (χ1v) is 7.37. The number of primary amides is 1. The van der Waals surface area contributed by atoms with Gasteiger partial charge in [-0.1, -0.05) is 18.2 Å². The number of sulfonamides is 1. The average Bonchev–Trinajstić information content (AvgIpc) is 2.70. The maximum Gasteiger partial charge on any atom is 0.291 e. The van der Waals surface area contributed by atoms with Crippen molar-refractivity contribution in [2.75, 3.05) is 0 Å². The number of carbonyl (C=O) groups is 1. The quantitative estimate of drug-likeness (QED) is 0.852. The lowest BCUT2D eigenvalue weighted by atomic mass is 9.99. The first-order valence-electron chi connectivity index (χ1n) is 5.12. The summed E-state index contributed by atoms with van der Waals surface area (Å²) >= 11 is 1.12. The average molecular weight is 280 g/mol. The molecule has 0 spiro atoms. The van der Waals surface area contributed by atoms with Gasteiger partial charge in [-0.15, -0.1) is 11.3 Å². The Morgan fingerprint density at radius 1 is 1.33 bits per heavy atom. The van der Waals surface area contributed by atoms with Gasteiger partial charge in [-0.3, -0.25) is 4.79 Å². The molecule has 2 heterocycles. The molecule has 1 amide bonds. The van der Waals surface area contributed by atoms with E-state index in [9.17, 15) is 13.2 Å². The number of carbonyl (C=O) groups excluding carboxylic acids is 1. The van der Waals surface area contributed by atoms with Crippen LogP contribution in [0.2, 0.25) is 0 Å². The van der Waals surface area contributed by atoms with E-state index in [-0.39, 0.29) is 4.21 Å².